The van der Waals surface area contributed by atoms with Gasteiger partial charge in [-0.15, -0.1) is 5.10 Å². The third-order valence-corrected chi connectivity index (χ3v) is 5.40. The van der Waals surface area contributed by atoms with Crippen molar-refractivity contribution < 1.29 is 26.0 Å². The molecule has 0 saturated heterocycles. The van der Waals surface area contributed by atoms with Crippen LogP contribution in [0.15, 0.2) is 62.7 Å². The fraction of sp³-hybridized carbons (Fsp3) is 0.0667. The molecule has 27 heavy (non-hydrogen) atoms. The van der Waals surface area contributed by atoms with E-state index in [2.05, 4.69) is 14.9 Å². The average molecular weight is 436 g/mol. The van der Waals surface area contributed by atoms with Crippen LogP contribution in [0, 0.1) is 0 Å². The molecule has 2 aromatic carbocycles. The maximum atomic E-state index is 12.3. The van der Waals surface area contributed by atoms with Gasteiger partial charge in [-0.1, -0.05) is 22.8 Å². The molecule has 0 unspecified atom stereocenters. The number of halogens is 4. The van der Waals surface area contributed by atoms with Crippen molar-refractivity contribution in [3.05, 3.63) is 53.6 Å². The zero-order valence-electron chi connectivity index (χ0n) is 13.1. The molecule has 6 nitrogen and oxygen atoms in total. The summed E-state index contributed by atoms with van der Waals surface area (Å²) in [5, 5.41) is 7.76. The van der Waals surface area contributed by atoms with Crippen molar-refractivity contribution in [2.24, 2.45) is 0 Å². The van der Waals surface area contributed by atoms with Crippen molar-refractivity contribution >= 4 is 39.4 Å². The van der Waals surface area contributed by atoms with Gasteiger partial charge < -0.3 is 4.42 Å². The van der Waals surface area contributed by atoms with E-state index in [4.69, 9.17) is 16.0 Å². The molecule has 142 valence electrons. The van der Waals surface area contributed by atoms with Crippen LogP contribution < -0.4 is 4.72 Å². The number of sulfonamides is 1. The summed E-state index contributed by atoms with van der Waals surface area (Å²) >= 11 is 5.53. The van der Waals surface area contributed by atoms with E-state index in [1.54, 1.807) is 24.3 Å². The molecule has 3 aromatic rings. The largest absolute Gasteiger partial charge is 0.446 e. The lowest BCUT2D eigenvalue weighted by molar-refractivity contribution is -0.0328. The fourth-order valence-electron chi connectivity index (χ4n) is 2.00. The first-order valence-corrected chi connectivity index (χ1v) is 9.78. The average Bonchev–Trinajstić information content (AvgIpc) is 3.01. The van der Waals surface area contributed by atoms with Gasteiger partial charge >= 0.3 is 11.5 Å². The fourth-order valence-corrected chi connectivity index (χ4v) is 3.65. The minimum Gasteiger partial charge on any atom is -0.403 e. The van der Waals surface area contributed by atoms with Crippen molar-refractivity contribution in [3.63, 3.8) is 0 Å². The van der Waals surface area contributed by atoms with Gasteiger partial charge in [0.25, 0.3) is 10.0 Å². The first-order valence-electron chi connectivity index (χ1n) is 7.10. The van der Waals surface area contributed by atoms with Crippen molar-refractivity contribution in [2.45, 2.75) is 15.3 Å². The smallest absolute Gasteiger partial charge is 0.403 e. The normalized spacial score (nSPS) is 12.1. The lowest BCUT2D eigenvalue weighted by Crippen LogP contribution is -2.13. The monoisotopic (exact) mass is 435 g/mol. The van der Waals surface area contributed by atoms with Gasteiger partial charge in [-0.25, -0.2) is 13.1 Å². The molecule has 0 bridgehead atoms. The molecular formula is C15H9ClF3N3O3S2. The molecule has 0 atom stereocenters. The van der Waals surface area contributed by atoms with Crippen LogP contribution >= 0.6 is 23.4 Å². The van der Waals surface area contributed by atoms with E-state index >= 15 is 0 Å². The predicted octanol–water partition coefficient (Wildman–Crippen LogP) is 4.80. The van der Waals surface area contributed by atoms with Crippen molar-refractivity contribution in [1.29, 1.82) is 0 Å². The summed E-state index contributed by atoms with van der Waals surface area (Å²) in [7, 11) is -4.11. The molecule has 0 fully saturated rings. The number of hydrogen-bond donors (Lipinski definition) is 1. The standard InChI is InChI=1S/C15H9ClF3N3O3S2/c16-10-3-1-2-9(8-10)13-20-21-14(25-13)22-27(23,24)12-6-4-11(5-7-12)26-15(17,18)19/h1-8H,(H,21,22). The lowest BCUT2D eigenvalue weighted by Gasteiger charge is -2.07. The van der Waals surface area contributed by atoms with E-state index in [0.29, 0.717) is 10.6 Å². The summed E-state index contributed by atoms with van der Waals surface area (Å²) in [6, 6.07) is 10.3. The Bertz CT molecular complexity index is 1050. The van der Waals surface area contributed by atoms with Crippen LogP contribution in [0.2, 0.25) is 5.02 Å². The topological polar surface area (TPSA) is 85.1 Å². The molecule has 3 rings (SSSR count). The first-order chi connectivity index (χ1) is 12.6. The number of hydrogen-bond acceptors (Lipinski definition) is 6. The van der Waals surface area contributed by atoms with E-state index in [0.717, 1.165) is 24.3 Å². The number of thioether (sulfide) groups is 1. The summed E-state index contributed by atoms with van der Waals surface area (Å²) in [5.41, 5.74) is -3.96. The molecule has 0 spiro atoms. The second kappa shape index (κ2) is 7.41. The molecule has 0 aliphatic heterocycles. The Balaban J connectivity index is 1.77. The summed E-state index contributed by atoms with van der Waals surface area (Å²) in [6.07, 6.45) is 0. The molecule has 1 heterocycles. The van der Waals surface area contributed by atoms with E-state index in [1.165, 1.54) is 0 Å². The Hall–Kier alpha value is -2.24. The number of alkyl halides is 3. The number of benzene rings is 2. The molecule has 0 amide bonds. The Kier molecular flexibility index (Phi) is 5.36. The van der Waals surface area contributed by atoms with Crippen molar-refractivity contribution in [3.8, 4) is 11.5 Å². The molecule has 0 aliphatic carbocycles. The van der Waals surface area contributed by atoms with Gasteiger partial charge in [-0.2, -0.15) is 13.2 Å². The highest BCUT2D eigenvalue weighted by atomic mass is 35.5. The number of anilines is 1. The van der Waals surface area contributed by atoms with Crippen LogP contribution in [0.25, 0.3) is 11.5 Å². The molecule has 0 saturated carbocycles. The molecule has 12 heteroatoms. The molecule has 1 N–H and O–H groups in total. The predicted molar refractivity (Wildman–Crippen MR) is 93.9 cm³/mol. The van der Waals surface area contributed by atoms with Gasteiger partial charge in [0.2, 0.25) is 5.89 Å². The quantitative estimate of drug-likeness (QED) is 0.579. The summed E-state index contributed by atoms with van der Waals surface area (Å²) in [5.74, 6) is 0.0483. The first kappa shape index (κ1) is 19.5. The third-order valence-electron chi connectivity index (χ3n) is 3.09. The van der Waals surface area contributed by atoms with Gasteiger partial charge in [0.05, 0.1) is 4.90 Å². The maximum Gasteiger partial charge on any atom is 0.446 e. The molecule has 0 aliphatic rings. The number of nitrogens with zero attached hydrogens (tertiary/aromatic N) is 2. The third kappa shape index (κ3) is 5.15. The Morgan fingerprint density at radius 1 is 1.07 bits per heavy atom. The maximum absolute atomic E-state index is 12.3. The highest BCUT2D eigenvalue weighted by Gasteiger charge is 2.29. The van der Waals surface area contributed by atoms with E-state index in [1.807, 2.05) is 0 Å². The van der Waals surface area contributed by atoms with Crippen LogP contribution in [-0.4, -0.2) is 24.1 Å². The lowest BCUT2D eigenvalue weighted by atomic mass is 10.2. The van der Waals surface area contributed by atoms with Gasteiger partial charge in [-0.3, -0.25) is 0 Å². The van der Waals surface area contributed by atoms with Gasteiger partial charge in [0.15, 0.2) is 0 Å². The van der Waals surface area contributed by atoms with Gasteiger partial charge in [-0.05, 0) is 54.2 Å². The summed E-state index contributed by atoms with van der Waals surface area (Å²) in [6.45, 7) is 0. The van der Waals surface area contributed by atoms with Gasteiger partial charge in [0, 0.05) is 15.5 Å². The number of aromatic nitrogens is 2. The highest BCUT2D eigenvalue weighted by molar-refractivity contribution is 8.00. The summed E-state index contributed by atoms with van der Waals surface area (Å²) in [4.78, 5) is -0.390. The van der Waals surface area contributed by atoms with Crippen molar-refractivity contribution in [2.75, 3.05) is 4.72 Å². The number of rotatable bonds is 5. The van der Waals surface area contributed by atoms with Crippen LogP contribution in [0.1, 0.15) is 0 Å². The SMILES string of the molecule is O=S(=O)(Nc1nnc(-c2cccc(Cl)c2)o1)c1ccc(SC(F)(F)F)cc1. The Morgan fingerprint density at radius 3 is 2.41 bits per heavy atom. The van der Waals surface area contributed by atoms with E-state index in [9.17, 15) is 21.6 Å². The van der Waals surface area contributed by atoms with Crippen LogP contribution in [0.4, 0.5) is 19.2 Å². The van der Waals surface area contributed by atoms with Crippen LogP contribution in [0.3, 0.4) is 0 Å². The Morgan fingerprint density at radius 2 is 1.78 bits per heavy atom. The zero-order chi connectivity index (χ0) is 19.7. The molecule has 1 aromatic heterocycles. The van der Waals surface area contributed by atoms with E-state index in [-0.39, 0.29) is 27.4 Å². The zero-order valence-corrected chi connectivity index (χ0v) is 15.5. The second-order valence-corrected chi connectivity index (χ2v) is 8.30. The second-order valence-electron chi connectivity index (χ2n) is 5.05. The minimum atomic E-state index is -4.46. The van der Waals surface area contributed by atoms with E-state index < -0.39 is 21.5 Å². The highest BCUT2D eigenvalue weighted by Crippen LogP contribution is 2.37. The van der Waals surface area contributed by atoms with Crippen molar-refractivity contribution in [1.82, 2.24) is 10.2 Å². The van der Waals surface area contributed by atoms with Gasteiger partial charge in [0.1, 0.15) is 0 Å². The Labute approximate surface area is 160 Å². The van der Waals surface area contributed by atoms with Crippen LogP contribution in [-0.2, 0) is 10.0 Å². The summed E-state index contributed by atoms with van der Waals surface area (Å²) < 4.78 is 68.9. The number of nitrogens with one attached hydrogen (secondary N) is 1. The minimum absolute atomic E-state index is 0.0483. The molecule has 0 radical (unpaired) electrons. The molecular weight excluding hydrogens is 427 g/mol. The van der Waals surface area contributed by atoms with Crippen LogP contribution in [0.5, 0.6) is 0 Å².